The van der Waals surface area contributed by atoms with Gasteiger partial charge in [-0.2, -0.15) is 0 Å². The molecule has 2 aliphatic rings. The first-order valence-electron chi connectivity index (χ1n) is 6.75. The van der Waals surface area contributed by atoms with Crippen LogP contribution in [0, 0.1) is 0 Å². The summed E-state index contributed by atoms with van der Waals surface area (Å²) in [5.41, 5.74) is 2.75. The molecule has 0 spiro atoms. The van der Waals surface area contributed by atoms with Gasteiger partial charge in [0.1, 0.15) is 0 Å². The van der Waals surface area contributed by atoms with Gasteiger partial charge in [0.25, 0.3) is 0 Å². The van der Waals surface area contributed by atoms with Gasteiger partial charge in [-0.05, 0) is 30.9 Å². The standard InChI is InChI=1S/C14H20N2O/c1-2-3-7-14-8-4-12(17)16(14)10-6-11-5-9-15-13(11)14/h5,9,15H,2-4,6-8,10H2,1H3/t14-/m1/s1. The number of aromatic amines is 1. The average molecular weight is 232 g/mol. The van der Waals surface area contributed by atoms with Crippen molar-refractivity contribution < 1.29 is 4.79 Å². The van der Waals surface area contributed by atoms with Crippen molar-refractivity contribution in [1.29, 1.82) is 0 Å². The summed E-state index contributed by atoms with van der Waals surface area (Å²) in [6.07, 6.45) is 8.27. The Kier molecular flexibility index (Phi) is 2.49. The van der Waals surface area contributed by atoms with Gasteiger partial charge in [0.05, 0.1) is 5.54 Å². The molecule has 0 bridgehead atoms. The van der Waals surface area contributed by atoms with Crippen LogP contribution in [0.15, 0.2) is 12.3 Å². The van der Waals surface area contributed by atoms with E-state index in [9.17, 15) is 4.79 Å². The van der Waals surface area contributed by atoms with E-state index in [1.54, 1.807) is 0 Å². The molecule has 1 N–H and O–H groups in total. The first-order valence-corrected chi connectivity index (χ1v) is 6.75. The summed E-state index contributed by atoms with van der Waals surface area (Å²) in [6, 6.07) is 2.18. The lowest BCUT2D eigenvalue weighted by Gasteiger charge is -2.42. The molecule has 0 saturated carbocycles. The number of nitrogens with one attached hydrogen (secondary N) is 1. The van der Waals surface area contributed by atoms with Crippen LogP contribution in [0.2, 0.25) is 0 Å². The van der Waals surface area contributed by atoms with Crippen molar-refractivity contribution in [3.63, 3.8) is 0 Å². The van der Waals surface area contributed by atoms with E-state index in [1.165, 1.54) is 24.1 Å². The largest absolute Gasteiger partial charge is 0.363 e. The number of aromatic nitrogens is 1. The predicted molar refractivity (Wildman–Crippen MR) is 66.6 cm³/mol. The minimum atomic E-state index is 0.00414. The molecule has 92 valence electrons. The molecule has 3 nitrogen and oxygen atoms in total. The summed E-state index contributed by atoms with van der Waals surface area (Å²) < 4.78 is 0. The third-order valence-electron chi connectivity index (χ3n) is 4.42. The Morgan fingerprint density at radius 1 is 1.47 bits per heavy atom. The molecule has 0 aliphatic carbocycles. The van der Waals surface area contributed by atoms with Gasteiger partial charge in [-0.1, -0.05) is 19.8 Å². The minimum Gasteiger partial charge on any atom is -0.363 e. The van der Waals surface area contributed by atoms with Crippen LogP contribution in [0.3, 0.4) is 0 Å². The van der Waals surface area contributed by atoms with Crippen molar-refractivity contribution in [2.24, 2.45) is 0 Å². The Morgan fingerprint density at radius 3 is 3.18 bits per heavy atom. The van der Waals surface area contributed by atoms with Crippen LogP contribution in [-0.2, 0) is 16.8 Å². The van der Waals surface area contributed by atoms with Crippen LogP contribution < -0.4 is 0 Å². The number of amides is 1. The monoisotopic (exact) mass is 232 g/mol. The zero-order valence-corrected chi connectivity index (χ0v) is 10.5. The van der Waals surface area contributed by atoms with E-state index >= 15 is 0 Å². The fourth-order valence-corrected chi connectivity index (χ4v) is 3.55. The number of fused-ring (bicyclic) bond motifs is 3. The van der Waals surface area contributed by atoms with Gasteiger partial charge in [-0.15, -0.1) is 0 Å². The summed E-state index contributed by atoms with van der Waals surface area (Å²) >= 11 is 0. The van der Waals surface area contributed by atoms with Gasteiger partial charge in [-0.3, -0.25) is 4.79 Å². The Balaban J connectivity index is 2.03. The van der Waals surface area contributed by atoms with Gasteiger partial charge in [0, 0.05) is 24.9 Å². The maximum absolute atomic E-state index is 12.0. The van der Waals surface area contributed by atoms with E-state index in [4.69, 9.17) is 0 Å². The van der Waals surface area contributed by atoms with E-state index in [0.29, 0.717) is 5.91 Å². The fourth-order valence-electron chi connectivity index (χ4n) is 3.55. The summed E-state index contributed by atoms with van der Waals surface area (Å²) in [6.45, 7) is 3.13. The van der Waals surface area contributed by atoms with Gasteiger partial charge < -0.3 is 9.88 Å². The summed E-state index contributed by atoms with van der Waals surface area (Å²) in [5.74, 6) is 0.348. The highest BCUT2D eigenvalue weighted by atomic mass is 16.2. The van der Waals surface area contributed by atoms with Gasteiger partial charge in [0.2, 0.25) is 5.91 Å². The van der Waals surface area contributed by atoms with Crippen LogP contribution in [0.25, 0.3) is 0 Å². The van der Waals surface area contributed by atoms with Crippen molar-refractivity contribution >= 4 is 5.91 Å². The van der Waals surface area contributed by atoms with Crippen LogP contribution in [-0.4, -0.2) is 22.3 Å². The molecule has 1 saturated heterocycles. The number of hydrogen-bond acceptors (Lipinski definition) is 1. The molecule has 0 unspecified atom stereocenters. The van der Waals surface area contributed by atoms with Crippen molar-refractivity contribution in [2.75, 3.05) is 6.54 Å². The molecule has 17 heavy (non-hydrogen) atoms. The second kappa shape index (κ2) is 3.90. The van der Waals surface area contributed by atoms with E-state index in [0.717, 1.165) is 32.2 Å². The van der Waals surface area contributed by atoms with Gasteiger partial charge in [0.15, 0.2) is 0 Å². The number of carbonyl (C=O) groups excluding carboxylic acids is 1. The Bertz CT molecular complexity index is 437. The van der Waals surface area contributed by atoms with Crippen molar-refractivity contribution in [3.05, 3.63) is 23.5 Å². The Hall–Kier alpha value is -1.25. The smallest absolute Gasteiger partial charge is 0.223 e. The number of hydrogen-bond donors (Lipinski definition) is 1. The Labute approximate surface area is 102 Å². The molecule has 1 aromatic heterocycles. The van der Waals surface area contributed by atoms with Crippen LogP contribution in [0.5, 0.6) is 0 Å². The molecule has 3 heteroatoms. The van der Waals surface area contributed by atoms with Crippen LogP contribution in [0.1, 0.15) is 50.3 Å². The fraction of sp³-hybridized carbons (Fsp3) is 0.643. The summed E-state index contributed by atoms with van der Waals surface area (Å²) in [7, 11) is 0. The first-order chi connectivity index (χ1) is 8.28. The molecule has 3 heterocycles. The Morgan fingerprint density at radius 2 is 2.35 bits per heavy atom. The molecule has 1 atom stereocenters. The maximum Gasteiger partial charge on any atom is 0.223 e. The van der Waals surface area contributed by atoms with Gasteiger partial charge >= 0.3 is 0 Å². The second-order valence-electron chi connectivity index (χ2n) is 5.31. The number of unbranched alkanes of at least 4 members (excludes halogenated alkanes) is 1. The van der Waals surface area contributed by atoms with Crippen LogP contribution in [0.4, 0.5) is 0 Å². The topological polar surface area (TPSA) is 36.1 Å². The molecule has 1 fully saturated rings. The molecular weight excluding hydrogens is 212 g/mol. The van der Waals surface area contributed by atoms with E-state index < -0.39 is 0 Å². The zero-order chi connectivity index (χ0) is 11.9. The molecule has 0 aromatic carbocycles. The summed E-state index contributed by atoms with van der Waals surface area (Å²) in [5, 5.41) is 0. The SMILES string of the molecule is CCCC[C@]12CCC(=O)N1CCc1cc[nH]c12. The molecule has 3 rings (SSSR count). The highest BCUT2D eigenvalue weighted by molar-refractivity contribution is 5.80. The van der Waals surface area contributed by atoms with Crippen molar-refractivity contribution in [3.8, 4) is 0 Å². The number of rotatable bonds is 3. The average Bonchev–Trinajstić information content (AvgIpc) is 2.92. The third kappa shape index (κ3) is 1.44. The van der Waals surface area contributed by atoms with E-state index in [2.05, 4.69) is 22.9 Å². The van der Waals surface area contributed by atoms with E-state index in [1.807, 2.05) is 6.20 Å². The lowest BCUT2D eigenvalue weighted by atomic mass is 9.81. The predicted octanol–water partition coefficient (Wildman–Crippen LogP) is 2.58. The minimum absolute atomic E-state index is 0.00414. The number of nitrogens with zero attached hydrogens (tertiary/aromatic N) is 1. The molecule has 1 amide bonds. The lowest BCUT2D eigenvalue weighted by Crippen LogP contribution is -2.48. The molecule has 1 aromatic rings. The van der Waals surface area contributed by atoms with Crippen LogP contribution >= 0.6 is 0 Å². The van der Waals surface area contributed by atoms with Crippen molar-refractivity contribution in [1.82, 2.24) is 9.88 Å². The molecule has 0 radical (unpaired) electrons. The van der Waals surface area contributed by atoms with Gasteiger partial charge in [-0.25, -0.2) is 0 Å². The van der Waals surface area contributed by atoms with E-state index in [-0.39, 0.29) is 5.54 Å². The number of carbonyl (C=O) groups is 1. The first kappa shape index (κ1) is 10.9. The highest BCUT2D eigenvalue weighted by Crippen LogP contribution is 2.46. The second-order valence-corrected chi connectivity index (χ2v) is 5.31. The lowest BCUT2D eigenvalue weighted by molar-refractivity contribution is -0.132. The highest BCUT2D eigenvalue weighted by Gasteiger charge is 2.49. The number of H-pyrrole nitrogens is 1. The summed E-state index contributed by atoms with van der Waals surface area (Å²) in [4.78, 5) is 17.6. The van der Waals surface area contributed by atoms with Crippen molar-refractivity contribution in [2.45, 2.75) is 51.0 Å². The maximum atomic E-state index is 12.0. The molecular formula is C14H20N2O. The quantitative estimate of drug-likeness (QED) is 0.854. The third-order valence-corrected chi connectivity index (χ3v) is 4.42. The zero-order valence-electron chi connectivity index (χ0n) is 10.5. The normalized spacial score (nSPS) is 27.1. The molecule has 2 aliphatic heterocycles.